The maximum atomic E-state index is 6.40. The molecule has 0 heterocycles. The number of ether oxygens (including phenoxy) is 1. The molecular weight excluding hydrogens is 457 g/mol. The van der Waals surface area contributed by atoms with Gasteiger partial charge in [-0.3, -0.25) is 4.99 Å². The van der Waals surface area contributed by atoms with Crippen LogP contribution in [-0.4, -0.2) is 17.9 Å². The van der Waals surface area contributed by atoms with Gasteiger partial charge in [-0.1, -0.05) is 120 Å². The highest BCUT2D eigenvalue weighted by molar-refractivity contribution is 7.49. The van der Waals surface area contributed by atoms with Gasteiger partial charge in [0.15, 0.2) is 0 Å². The van der Waals surface area contributed by atoms with Gasteiger partial charge in [-0.25, -0.2) is 0 Å². The summed E-state index contributed by atoms with van der Waals surface area (Å²) in [6.07, 6.45) is 9.44. The van der Waals surface area contributed by atoms with Crippen molar-refractivity contribution >= 4 is 19.6 Å². The van der Waals surface area contributed by atoms with Crippen LogP contribution in [0.15, 0.2) is 108 Å². The molecule has 0 radical (unpaired) electrons. The molecule has 0 bridgehead atoms. The molecule has 188 valence electrons. The van der Waals surface area contributed by atoms with E-state index >= 15 is 0 Å². The zero-order valence-electron chi connectivity index (χ0n) is 22.4. The van der Waals surface area contributed by atoms with Gasteiger partial charge in [0.2, 0.25) is 0 Å². The molecule has 2 atom stereocenters. The minimum atomic E-state index is 0.0684. The van der Waals surface area contributed by atoms with E-state index in [0.29, 0.717) is 15.2 Å². The summed E-state index contributed by atoms with van der Waals surface area (Å²) in [5.74, 6) is 1.04. The van der Waals surface area contributed by atoms with E-state index in [0.717, 1.165) is 36.3 Å². The minimum absolute atomic E-state index is 0.0684. The van der Waals surface area contributed by atoms with Crippen LogP contribution in [-0.2, 0) is 11.3 Å². The fourth-order valence-corrected chi connectivity index (χ4v) is 5.86. The third-order valence-corrected chi connectivity index (χ3v) is 8.54. The van der Waals surface area contributed by atoms with Crippen LogP contribution in [0, 0.1) is 6.92 Å². The molecule has 2 nitrogen and oxygen atoms in total. The van der Waals surface area contributed by atoms with Crippen molar-refractivity contribution in [2.24, 2.45) is 4.99 Å². The number of benzene rings is 3. The first kappa shape index (κ1) is 27.6. The highest BCUT2D eigenvalue weighted by Gasteiger charge is 2.28. The van der Waals surface area contributed by atoms with Crippen LogP contribution in [0.25, 0.3) is 0 Å². The average molecular weight is 498 g/mol. The predicted molar refractivity (Wildman–Crippen MR) is 159 cm³/mol. The lowest BCUT2D eigenvalue weighted by atomic mass is 10.00. The number of hydrogen-bond donors (Lipinski definition) is 0. The highest BCUT2D eigenvalue weighted by atomic mass is 31.1. The maximum Gasteiger partial charge on any atom is 0.113 e. The second-order valence-electron chi connectivity index (χ2n) is 9.40. The second-order valence-corrected chi connectivity index (χ2v) is 11.4. The van der Waals surface area contributed by atoms with Crippen LogP contribution >= 0.6 is 8.58 Å². The molecule has 3 aromatic rings. The molecule has 0 spiro atoms. The van der Waals surface area contributed by atoms with Crippen molar-refractivity contribution in [3.63, 3.8) is 0 Å². The second kappa shape index (κ2) is 14.0. The molecule has 0 aliphatic heterocycles. The number of hydrogen-bond acceptors (Lipinski definition) is 2. The van der Waals surface area contributed by atoms with Gasteiger partial charge in [-0.15, -0.1) is 0 Å². The summed E-state index contributed by atoms with van der Waals surface area (Å²) in [7, 11) is 2.53. The summed E-state index contributed by atoms with van der Waals surface area (Å²) in [5, 5.41) is 1.47. The third-order valence-electron chi connectivity index (χ3n) is 6.49. The lowest BCUT2D eigenvalue weighted by Gasteiger charge is -2.31. The van der Waals surface area contributed by atoms with Crippen LogP contribution in [0.2, 0.25) is 0 Å². The molecule has 0 saturated heterocycles. The first-order chi connectivity index (χ1) is 17.5. The third kappa shape index (κ3) is 7.77. The van der Waals surface area contributed by atoms with Gasteiger partial charge in [0.25, 0.3) is 0 Å². The standard InChI is InChI=1S/C33H40NOP/c1-6-8-11-22-29(35-25-27-18-12-9-13-19-27)24-33(4,7-2)36-32-26(3)17-16-23-30(32)31(34-5)28-20-14-10-15-21-28/h8-23,36H,6-7,24-25H2,1-5H3/b11-8-,29-22+,34-31?/t33-/m0/s1. The monoisotopic (exact) mass is 497 g/mol. The van der Waals surface area contributed by atoms with Crippen molar-refractivity contribution in [1.29, 1.82) is 0 Å². The quantitative estimate of drug-likeness (QED) is 0.107. The van der Waals surface area contributed by atoms with E-state index in [1.54, 1.807) is 0 Å². The summed E-state index contributed by atoms with van der Waals surface area (Å²) in [6.45, 7) is 9.67. The zero-order valence-corrected chi connectivity index (χ0v) is 23.4. The Kier molecular flexibility index (Phi) is 10.7. The Bertz CT molecular complexity index is 1180. The fraction of sp³-hybridized carbons (Fsp3) is 0.303. The van der Waals surface area contributed by atoms with Crippen LogP contribution in [0.4, 0.5) is 0 Å². The van der Waals surface area contributed by atoms with E-state index in [-0.39, 0.29) is 5.16 Å². The van der Waals surface area contributed by atoms with E-state index < -0.39 is 0 Å². The number of aryl methyl sites for hydroxylation is 1. The summed E-state index contributed by atoms with van der Waals surface area (Å²) in [6, 6.07) is 27.5. The van der Waals surface area contributed by atoms with Crippen molar-refractivity contribution in [3.05, 3.63) is 125 Å². The van der Waals surface area contributed by atoms with Crippen molar-refractivity contribution in [3.8, 4) is 0 Å². The van der Waals surface area contributed by atoms with E-state index in [4.69, 9.17) is 9.73 Å². The number of allylic oxidation sites excluding steroid dienone is 4. The van der Waals surface area contributed by atoms with Crippen molar-refractivity contribution in [2.75, 3.05) is 7.05 Å². The Morgan fingerprint density at radius 3 is 2.28 bits per heavy atom. The smallest absolute Gasteiger partial charge is 0.113 e. The van der Waals surface area contributed by atoms with E-state index in [1.807, 2.05) is 13.1 Å². The molecule has 3 heteroatoms. The van der Waals surface area contributed by atoms with Gasteiger partial charge >= 0.3 is 0 Å². The number of aliphatic imine (C=N–C) groups is 1. The van der Waals surface area contributed by atoms with E-state index in [2.05, 4.69) is 119 Å². The van der Waals surface area contributed by atoms with Gasteiger partial charge in [-0.05, 0) is 47.4 Å². The van der Waals surface area contributed by atoms with Crippen molar-refractivity contribution in [2.45, 2.75) is 58.7 Å². The average Bonchev–Trinajstić information content (AvgIpc) is 2.91. The van der Waals surface area contributed by atoms with Gasteiger partial charge in [0, 0.05) is 24.6 Å². The predicted octanol–water partition coefficient (Wildman–Crippen LogP) is 8.39. The Morgan fingerprint density at radius 1 is 0.944 bits per heavy atom. The van der Waals surface area contributed by atoms with E-state index in [1.165, 1.54) is 22.0 Å². The molecule has 0 amide bonds. The van der Waals surface area contributed by atoms with Crippen LogP contribution in [0.3, 0.4) is 0 Å². The molecule has 36 heavy (non-hydrogen) atoms. The topological polar surface area (TPSA) is 21.6 Å². The maximum absolute atomic E-state index is 6.40. The highest BCUT2D eigenvalue weighted by Crippen LogP contribution is 2.41. The molecule has 0 aliphatic rings. The zero-order chi connectivity index (χ0) is 25.8. The fourth-order valence-electron chi connectivity index (χ4n) is 4.20. The van der Waals surface area contributed by atoms with Gasteiger partial charge < -0.3 is 4.74 Å². The Morgan fingerprint density at radius 2 is 1.64 bits per heavy atom. The van der Waals surface area contributed by atoms with Crippen molar-refractivity contribution in [1.82, 2.24) is 0 Å². The summed E-state index contributed by atoms with van der Waals surface area (Å²) in [5.41, 5.74) is 5.97. The van der Waals surface area contributed by atoms with E-state index in [9.17, 15) is 0 Å². The first-order valence-electron chi connectivity index (χ1n) is 12.9. The number of rotatable bonds is 12. The van der Waals surface area contributed by atoms with Crippen LogP contribution in [0.1, 0.15) is 62.3 Å². The Hall–Kier alpha value is -2.96. The molecule has 0 aliphatic carbocycles. The Labute approximate surface area is 220 Å². The summed E-state index contributed by atoms with van der Waals surface area (Å²) < 4.78 is 6.40. The molecule has 0 fully saturated rings. The normalized spacial score (nSPS) is 14.5. The minimum Gasteiger partial charge on any atom is -0.493 e. The van der Waals surface area contributed by atoms with Gasteiger partial charge in [-0.2, -0.15) is 0 Å². The SMILES string of the molecule is CC/C=C\C=C(/C[C@](C)(CC)Pc1c(C)cccc1C(=NC)c1ccccc1)OCc1ccccc1. The first-order valence-corrected chi connectivity index (χ1v) is 13.9. The Balaban J connectivity index is 1.91. The molecule has 0 aromatic heterocycles. The molecule has 0 N–H and O–H groups in total. The molecule has 3 aromatic carbocycles. The van der Waals surface area contributed by atoms with Crippen LogP contribution in [0.5, 0.6) is 0 Å². The lowest BCUT2D eigenvalue weighted by Crippen LogP contribution is -2.26. The number of nitrogens with zero attached hydrogens (tertiary/aromatic N) is 1. The lowest BCUT2D eigenvalue weighted by molar-refractivity contribution is 0.183. The molecule has 0 saturated carbocycles. The van der Waals surface area contributed by atoms with Gasteiger partial charge in [0.05, 0.1) is 11.5 Å². The van der Waals surface area contributed by atoms with Crippen LogP contribution < -0.4 is 5.30 Å². The van der Waals surface area contributed by atoms with Crippen molar-refractivity contribution < 1.29 is 4.74 Å². The molecule has 3 rings (SSSR count). The summed E-state index contributed by atoms with van der Waals surface area (Å²) >= 11 is 0. The molecular formula is C33H40NOP. The molecule has 1 unspecified atom stereocenters. The largest absolute Gasteiger partial charge is 0.493 e. The van der Waals surface area contributed by atoms with Gasteiger partial charge in [0.1, 0.15) is 6.61 Å². The summed E-state index contributed by atoms with van der Waals surface area (Å²) in [4.78, 5) is 4.74.